The summed E-state index contributed by atoms with van der Waals surface area (Å²) >= 11 is 1.78. The fourth-order valence-electron chi connectivity index (χ4n) is 2.78. The molecule has 2 radical (unpaired) electrons. The average molecular weight is 331 g/mol. The molecule has 0 unspecified atom stereocenters. The number of rotatable bonds is 2. The monoisotopic (exact) mass is 331 g/mol. The lowest BCUT2D eigenvalue weighted by Gasteiger charge is -2.14. The lowest BCUT2D eigenvalue weighted by molar-refractivity contribution is 0.938. The van der Waals surface area contributed by atoms with E-state index >= 15 is 0 Å². The summed E-state index contributed by atoms with van der Waals surface area (Å²) in [5.41, 5.74) is 5.18. The maximum Gasteiger partial charge on any atom is 0.255 e. The predicted octanol–water partition coefficient (Wildman–Crippen LogP) is 2.08. The number of nitrogens with zero attached hydrogens (tertiary/aromatic N) is 2. The first-order chi connectivity index (χ1) is 11.7. The van der Waals surface area contributed by atoms with Crippen molar-refractivity contribution >= 4 is 25.2 Å². The number of aryl methyl sites for hydroxylation is 1. The molecule has 1 N–H and O–H groups in total. The predicted molar refractivity (Wildman–Crippen MR) is 98.8 cm³/mol. The molecule has 0 saturated carbocycles. The maximum absolute atomic E-state index is 12.2. The number of thioether (sulfide) groups is 1. The summed E-state index contributed by atoms with van der Waals surface area (Å²) in [5.74, 6) is 2.40. The van der Waals surface area contributed by atoms with Crippen LogP contribution >= 0.6 is 11.8 Å². The standard InChI is InChI=1S/C18H14BN3OS/c19-16-6-5-13(9-20-16)11-1-3-12(4-2-11)17-21-15-7-8-24-10-14(15)18(23)22-17/h1-6,9H,7-8,10H2,(H,21,22,23). The number of fused-ring (bicyclic) bond motifs is 1. The van der Waals surface area contributed by atoms with Crippen LogP contribution in [0.5, 0.6) is 0 Å². The van der Waals surface area contributed by atoms with Gasteiger partial charge in [-0.25, -0.2) is 4.98 Å². The molecule has 0 atom stereocenters. The Balaban J connectivity index is 1.69. The molecule has 2 aromatic heterocycles. The molecule has 0 bridgehead atoms. The Kier molecular flexibility index (Phi) is 3.98. The van der Waals surface area contributed by atoms with E-state index in [0.29, 0.717) is 11.4 Å². The normalized spacial score (nSPS) is 13.5. The largest absolute Gasteiger partial charge is 0.306 e. The zero-order valence-corrected chi connectivity index (χ0v) is 13.8. The molecule has 1 aliphatic heterocycles. The molecule has 0 fully saturated rings. The van der Waals surface area contributed by atoms with Crippen LogP contribution < -0.4 is 11.2 Å². The van der Waals surface area contributed by atoms with Gasteiger partial charge in [-0.2, -0.15) is 11.8 Å². The SMILES string of the molecule is [B]c1ccc(-c2ccc(-c3nc4c(c(=O)[nH]3)CSCC4)cc2)cn1. The van der Waals surface area contributed by atoms with Gasteiger partial charge in [0.2, 0.25) is 0 Å². The Morgan fingerprint density at radius 3 is 2.54 bits per heavy atom. The third-order valence-electron chi connectivity index (χ3n) is 4.11. The van der Waals surface area contributed by atoms with Gasteiger partial charge in [0.25, 0.3) is 5.56 Å². The van der Waals surface area contributed by atoms with E-state index < -0.39 is 0 Å². The van der Waals surface area contributed by atoms with Gasteiger partial charge in [0.15, 0.2) is 0 Å². The molecule has 0 spiro atoms. The van der Waals surface area contributed by atoms with Crippen molar-refractivity contribution in [2.45, 2.75) is 12.2 Å². The summed E-state index contributed by atoms with van der Waals surface area (Å²) in [4.78, 5) is 23.9. The van der Waals surface area contributed by atoms with Gasteiger partial charge >= 0.3 is 0 Å². The molecule has 6 heteroatoms. The van der Waals surface area contributed by atoms with Crippen molar-refractivity contribution in [2.24, 2.45) is 0 Å². The number of aromatic amines is 1. The van der Waals surface area contributed by atoms with Crippen LogP contribution in [0.3, 0.4) is 0 Å². The molecule has 3 heterocycles. The Morgan fingerprint density at radius 2 is 1.79 bits per heavy atom. The van der Waals surface area contributed by atoms with E-state index in [1.165, 1.54) is 0 Å². The smallest absolute Gasteiger partial charge is 0.255 e. The number of hydrogen-bond donors (Lipinski definition) is 1. The van der Waals surface area contributed by atoms with Gasteiger partial charge < -0.3 is 4.98 Å². The van der Waals surface area contributed by atoms with Crippen molar-refractivity contribution < 1.29 is 0 Å². The van der Waals surface area contributed by atoms with Crippen LogP contribution in [0.4, 0.5) is 0 Å². The number of aromatic nitrogens is 3. The van der Waals surface area contributed by atoms with Gasteiger partial charge in [0.05, 0.1) is 5.69 Å². The first-order valence-corrected chi connectivity index (χ1v) is 8.88. The Bertz CT molecular complexity index is 936. The van der Waals surface area contributed by atoms with Crippen molar-refractivity contribution in [2.75, 3.05) is 5.75 Å². The maximum atomic E-state index is 12.2. The van der Waals surface area contributed by atoms with Crippen LogP contribution in [0.25, 0.3) is 22.5 Å². The molecule has 1 aromatic carbocycles. The lowest BCUT2D eigenvalue weighted by atomic mass is 10.0. The summed E-state index contributed by atoms with van der Waals surface area (Å²) in [6.07, 6.45) is 2.60. The summed E-state index contributed by atoms with van der Waals surface area (Å²) in [6, 6.07) is 11.6. The zero-order valence-electron chi connectivity index (χ0n) is 13.0. The Labute approximate surface area is 145 Å². The van der Waals surface area contributed by atoms with Gasteiger partial charge in [-0.1, -0.05) is 36.4 Å². The van der Waals surface area contributed by atoms with E-state index in [2.05, 4.69) is 15.0 Å². The Hall–Kier alpha value is -2.34. The van der Waals surface area contributed by atoms with Crippen LogP contribution in [0.1, 0.15) is 11.3 Å². The molecular weight excluding hydrogens is 317 g/mol. The molecule has 3 aromatic rings. The molecular formula is C18H14BN3OS. The molecule has 24 heavy (non-hydrogen) atoms. The summed E-state index contributed by atoms with van der Waals surface area (Å²) in [5, 5.41) is 0. The highest BCUT2D eigenvalue weighted by molar-refractivity contribution is 7.98. The zero-order chi connectivity index (χ0) is 16.5. The number of benzene rings is 1. The minimum atomic E-state index is -0.0194. The number of hydrogen-bond acceptors (Lipinski definition) is 4. The number of H-pyrrole nitrogens is 1. The van der Waals surface area contributed by atoms with Crippen LogP contribution in [-0.4, -0.2) is 28.6 Å². The number of nitrogens with one attached hydrogen (secondary N) is 1. The number of pyridine rings is 1. The molecule has 0 saturated heterocycles. The molecule has 1 aliphatic rings. The Morgan fingerprint density at radius 1 is 1.04 bits per heavy atom. The summed E-state index contributed by atoms with van der Waals surface area (Å²) in [6.45, 7) is 0. The third-order valence-corrected chi connectivity index (χ3v) is 5.09. The molecule has 4 rings (SSSR count). The highest BCUT2D eigenvalue weighted by atomic mass is 32.2. The second-order valence-corrected chi connectivity index (χ2v) is 6.80. The van der Waals surface area contributed by atoms with Gasteiger partial charge in [-0.15, -0.1) is 0 Å². The quantitative estimate of drug-likeness (QED) is 0.731. The van der Waals surface area contributed by atoms with Crippen LogP contribution in [0, 0.1) is 0 Å². The van der Waals surface area contributed by atoms with Gasteiger partial charge in [-0.3, -0.25) is 9.78 Å². The second kappa shape index (κ2) is 6.28. The van der Waals surface area contributed by atoms with E-state index in [9.17, 15) is 4.79 Å². The van der Waals surface area contributed by atoms with Gasteiger partial charge in [0, 0.05) is 23.1 Å². The summed E-state index contributed by atoms with van der Waals surface area (Å²) < 4.78 is 0. The molecule has 4 nitrogen and oxygen atoms in total. The second-order valence-electron chi connectivity index (χ2n) is 5.69. The first-order valence-electron chi connectivity index (χ1n) is 7.73. The van der Waals surface area contributed by atoms with Crippen LogP contribution in [0.2, 0.25) is 0 Å². The highest BCUT2D eigenvalue weighted by Gasteiger charge is 2.16. The minimum absolute atomic E-state index is 0.0194. The molecule has 0 amide bonds. The van der Waals surface area contributed by atoms with E-state index in [1.807, 2.05) is 30.3 Å². The van der Waals surface area contributed by atoms with Crippen LogP contribution in [0.15, 0.2) is 47.4 Å². The van der Waals surface area contributed by atoms with Crippen molar-refractivity contribution in [3.63, 3.8) is 0 Å². The fraction of sp³-hybridized carbons (Fsp3) is 0.167. The third kappa shape index (κ3) is 2.89. The average Bonchev–Trinajstić information content (AvgIpc) is 2.62. The topological polar surface area (TPSA) is 58.6 Å². The van der Waals surface area contributed by atoms with Gasteiger partial charge in [-0.05, 0) is 28.9 Å². The van der Waals surface area contributed by atoms with Crippen LogP contribution in [-0.2, 0) is 12.2 Å². The van der Waals surface area contributed by atoms with Crippen molar-refractivity contribution in [1.82, 2.24) is 15.0 Å². The fourth-order valence-corrected chi connectivity index (χ4v) is 3.76. The van der Waals surface area contributed by atoms with Crippen molar-refractivity contribution in [1.29, 1.82) is 0 Å². The van der Waals surface area contributed by atoms with E-state index in [1.54, 1.807) is 24.0 Å². The minimum Gasteiger partial charge on any atom is -0.306 e. The first kappa shape index (κ1) is 15.2. The van der Waals surface area contributed by atoms with E-state index in [4.69, 9.17) is 7.85 Å². The van der Waals surface area contributed by atoms with Crippen molar-refractivity contribution in [3.05, 3.63) is 64.2 Å². The highest BCUT2D eigenvalue weighted by Crippen LogP contribution is 2.24. The van der Waals surface area contributed by atoms with E-state index in [-0.39, 0.29) is 5.56 Å². The van der Waals surface area contributed by atoms with Gasteiger partial charge in [0.1, 0.15) is 13.7 Å². The van der Waals surface area contributed by atoms with Crippen molar-refractivity contribution in [3.8, 4) is 22.5 Å². The van der Waals surface area contributed by atoms with E-state index in [0.717, 1.165) is 45.9 Å². The summed E-state index contributed by atoms with van der Waals surface area (Å²) in [7, 11) is 5.62. The lowest BCUT2D eigenvalue weighted by Crippen LogP contribution is -2.21. The molecule has 0 aliphatic carbocycles. The molecule has 116 valence electrons.